The summed E-state index contributed by atoms with van der Waals surface area (Å²) in [5.74, 6) is 0.0949. The second-order valence-electron chi connectivity index (χ2n) is 10.8. The molecular weight excluding hydrogens is 538 g/mol. The molecule has 1 unspecified atom stereocenters. The minimum absolute atomic E-state index is 0.0798. The molecule has 0 aromatic heterocycles. The summed E-state index contributed by atoms with van der Waals surface area (Å²) in [6.07, 6.45) is 0. The van der Waals surface area contributed by atoms with Crippen molar-refractivity contribution in [1.29, 1.82) is 0 Å². The third-order valence-corrected chi connectivity index (χ3v) is 8.63. The first-order valence-electron chi connectivity index (χ1n) is 13.8. The van der Waals surface area contributed by atoms with E-state index in [2.05, 4.69) is 19.2 Å². The van der Waals surface area contributed by atoms with Crippen molar-refractivity contribution in [1.82, 2.24) is 10.2 Å². The van der Waals surface area contributed by atoms with Gasteiger partial charge >= 0.3 is 0 Å². The third-order valence-electron chi connectivity index (χ3n) is 6.85. The molecule has 2 amide bonds. The highest BCUT2D eigenvalue weighted by Gasteiger charge is 2.32. The van der Waals surface area contributed by atoms with Gasteiger partial charge in [0, 0.05) is 12.6 Å². The van der Waals surface area contributed by atoms with Crippen molar-refractivity contribution in [3.8, 4) is 5.75 Å². The van der Waals surface area contributed by atoms with E-state index in [1.54, 1.807) is 62.6 Å². The molecule has 0 radical (unpaired) electrons. The zero-order valence-corrected chi connectivity index (χ0v) is 25.7. The van der Waals surface area contributed by atoms with Gasteiger partial charge in [-0.1, -0.05) is 55.8 Å². The number of ether oxygens (including phenoxy) is 1. The number of aryl methyl sites for hydroxylation is 1. The Labute approximate surface area is 244 Å². The van der Waals surface area contributed by atoms with Crippen LogP contribution in [0.5, 0.6) is 5.75 Å². The number of carbonyl (C=O) groups is 2. The maximum absolute atomic E-state index is 14.0. The number of rotatable bonds is 12. The van der Waals surface area contributed by atoms with Gasteiger partial charge in [0.1, 0.15) is 18.3 Å². The average Bonchev–Trinajstić information content (AvgIpc) is 2.94. The molecule has 0 bridgehead atoms. The Morgan fingerprint density at radius 1 is 0.854 bits per heavy atom. The molecule has 3 aromatic carbocycles. The Morgan fingerprint density at radius 3 is 1.95 bits per heavy atom. The molecule has 3 aromatic rings. The van der Waals surface area contributed by atoms with E-state index in [-0.39, 0.29) is 29.3 Å². The van der Waals surface area contributed by atoms with E-state index in [1.165, 1.54) is 4.90 Å². The van der Waals surface area contributed by atoms with Crippen molar-refractivity contribution < 1.29 is 22.7 Å². The lowest BCUT2D eigenvalue weighted by atomic mass is 10.0. The number of benzene rings is 3. The third kappa shape index (κ3) is 8.10. The van der Waals surface area contributed by atoms with Crippen molar-refractivity contribution >= 4 is 27.5 Å². The maximum Gasteiger partial charge on any atom is 0.264 e. The summed E-state index contributed by atoms with van der Waals surface area (Å²) in [5, 5.41) is 2.86. The van der Waals surface area contributed by atoms with Gasteiger partial charge in [-0.15, -0.1) is 0 Å². The number of carbonyl (C=O) groups excluding carboxylic acids is 2. The van der Waals surface area contributed by atoms with E-state index in [0.29, 0.717) is 11.4 Å². The van der Waals surface area contributed by atoms with Gasteiger partial charge in [-0.05, 0) is 81.1 Å². The molecule has 0 fully saturated rings. The molecule has 41 heavy (non-hydrogen) atoms. The Morgan fingerprint density at radius 2 is 1.44 bits per heavy atom. The lowest BCUT2D eigenvalue weighted by Crippen LogP contribution is -2.52. The summed E-state index contributed by atoms with van der Waals surface area (Å²) in [4.78, 5) is 28.5. The summed E-state index contributed by atoms with van der Waals surface area (Å²) in [5.41, 5.74) is 3.11. The molecule has 220 valence electrons. The summed E-state index contributed by atoms with van der Waals surface area (Å²) >= 11 is 0. The summed E-state index contributed by atoms with van der Waals surface area (Å²) < 4.78 is 34.3. The van der Waals surface area contributed by atoms with Crippen molar-refractivity contribution in [2.24, 2.45) is 0 Å². The number of hydrogen-bond donors (Lipinski definition) is 1. The van der Waals surface area contributed by atoms with E-state index in [4.69, 9.17) is 4.74 Å². The van der Waals surface area contributed by atoms with Gasteiger partial charge in [-0.25, -0.2) is 8.42 Å². The fourth-order valence-electron chi connectivity index (χ4n) is 4.31. The molecule has 0 aliphatic heterocycles. The number of nitrogens with zero attached hydrogens (tertiary/aromatic N) is 2. The van der Waals surface area contributed by atoms with Crippen LogP contribution >= 0.6 is 0 Å². The molecule has 1 N–H and O–H groups in total. The predicted octanol–water partition coefficient (Wildman–Crippen LogP) is 5.26. The molecule has 0 spiro atoms. The van der Waals surface area contributed by atoms with E-state index < -0.39 is 28.5 Å². The fourth-order valence-corrected chi connectivity index (χ4v) is 5.72. The van der Waals surface area contributed by atoms with E-state index in [0.717, 1.165) is 21.0 Å². The van der Waals surface area contributed by atoms with Gasteiger partial charge in [0.25, 0.3) is 10.0 Å². The van der Waals surface area contributed by atoms with E-state index >= 15 is 0 Å². The zero-order chi connectivity index (χ0) is 30.3. The highest BCUT2D eigenvalue weighted by molar-refractivity contribution is 7.92. The van der Waals surface area contributed by atoms with Crippen molar-refractivity contribution in [3.05, 3.63) is 89.5 Å². The van der Waals surface area contributed by atoms with Crippen LogP contribution in [0.15, 0.2) is 77.7 Å². The molecule has 0 aliphatic rings. The fraction of sp³-hybridized carbons (Fsp3) is 0.375. The largest absolute Gasteiger partial charge is 0.497 e. The first-order valence-corrected chi connectivity index (χ1v) is 15.2. The van der Waals surface area contributed by atoms with Crippen LogP contribution in [0, 0.1) is 6.92 Å². The van der Waals surface area contributed by atoms with Gasteiger partial charge in [0.15, 0.2) is 0 Å². The summed E-state index contributed by atoms with van der Waals surface area (Å²) in [7, 11) is -2.54. The first kappa shape index (κ1) is 31.7. The van der Waals surface area contributed by atoms with Crippen molar-refractivity contribution in [3.63, 3.8) is 0 Å². The normalized spacial score (nSPS) is 12.2. The van der Waals surface area contributed by atoms with Crippen LogP contribution in [0.4, 0.5) is 5.69 Å². The summed E-state index contributed by atoms with van der Waals surface area (Å²) in [6.45, 7) is 11.0. The molecule has 9 heteroatoms. The second-order valence-corrected chi connectivity index (χ2v) is 12.6. The first-order chi connectivity index (χ1) is 19.3. The molecule has 0 saturated carbocycles. The number of anilines is 1. The van der Waals surface area contributed by atoms with E-state index in [1.807, 2.05) is 45.0 Å². The number of sulfonamides is 1. The predicted molar refractivity (Wildman–Crippen MR) is 163 cm³/mol. The molecule has 3 rings (SSSR count). The minimum atomic E-state index is -4.11. The molecular formula is C32H41N3O5S. The van der Waals surface area contributed by atoms with Gasteiger partial charge in [-0.3, -0.25) is 13.9 Å². The Balaban J connectivity index is 2.04. The second kappa shape index (κ2) is 13.7. The molecule has 8 nitrogen and oxygen atoms in total. The average molecular weight is 580 g/mol. The monoisotopic (exact) mass is 579 g/mol. The number of hydrogen-bond acceptors (Lipinski definition) is 5. The topological polar surface area (TPSA) is 96.0 Å². The van der Waals surface area contributed by atoms with Gasteiger partial charge < -0.3 is 15.0 Å². The van der Waals surface area contributed by atoms with Gasteiger partial charge in [0.2, 0.25) is 11.8 Å². The van der Waals surface area contributed by atoms with Crippen LogP contribution in [-0.4, -0.2) is 50.9 Å². The lowest BCUT2D eigenvalue weighted by molar-refractivity contribution is -0.139. The smallest absolute Gasteiger partial charge is 0.264 e. The van der Waals surface area contributed by atoms with Crippen LogP contribution in [0.1, 0.15) is 57.2 Å². The van der Waals surface area contributed by atoms with Crippen LogP contribution in [0.3, 0.4) is 0 Å². The van der Waals surface area contributed by atoms with Crippen LogP contribution in [0.25, 0.3) is 0 Å². The molecule has 0 saturated heterocycles. The maximum atomic E-state index is 14.0. The van der Waals surface area contributed by atoms with Crippen LogP contribution in [-0.2, 0) is 26.2 Å². The molecule has 0 aliphatic carbocycles. The van der Waals surface area contributed by atoms with Crippen LogP contribution in [0.2, 0.25) is 0 Å². The minimum Gasteiger partial charge on any atom is -0.497 e. The number of nitrogens with one attached hydrogen (secondary N) is 1. The summed E-state index contributed by atoms with van der Waals surface area (Å²) in [6, 6.07) is 19.9. The van der Waals surface area contributed by atoms with E-state index in [9.17, 15) is 18.0 Å². The highest BCUT2D eigenvalue weighted by Crippen LogP contribution is 2.27. The van der Waals surface area contributed by atoms with Crippen molar-refractivity contribution in [2.45, 2.75) is 71.0 Å². The number of amides is 2. The SMILES string of the molecule is COc1ccc(CN(C(=O)CN(c2ccc(C(C)C)cc2)S(=O)(=O)c2ccc(C)cc2)C(C)C(=O)NC(C)C)cc1. The highest BCUT2D eigenvalue weighted by atomic mass is 32.2. The van der Waals surface area contributed by atoms with Gasteiger partial charge in [-0.2, -0.15) is 0 Å². The zero-order valence-electron chi connectivity index (χ0n) is 24.9. The quantitative estimate of drug-likeness (QED) is 0.316. The molecule has 1 atom stereocenters. The standard InChI is InChI=1S/C32H41N3O5S/c1-22(2)27-12-14-28(15-13-27)35(41(38,39)30-18-8-24(5)9-19-30)21-31(36)34(25(6)32(37)33-23(3)4)20-26-10-16-29(40-7)17-11-26/h8-19,22-23,25H,20-21H2,1-7H3,(H,33,37). The van der Waals surface area contributed by atoms with Gasteiger partial charge in [0.05, 0.1) is 17.7 Å². The molecule has 0 heterocycles. The Bertz CT molecular complexity index is 1420. The lowest BCUT2D eigenvalue weighted by Gasteiger charge is -2.32. The van der Waals surface area contributed by atoms with Crippen LogP contribution < -0.4 is 14.4 Å². The number of methoxy groups -OCH3 is 1. The Kier molecular flexibility index (Phi) is 10.6. The van der Waals surface area contributed by atoms with Crippen molar-refractivity contribution in [2.75, 3.05) is 18.0 Å². The Hall–Kier alpha value is -3.85.